The Morgan fingerprint density at radius 2 is 2.20 bits per heavy atom. The van der Waals surface area contributed by atoms with Gasteiger partial charge in [-0.3, -0.25) is 4.79 Å². The number of para-hydroxylation sites is 2. The molecular formula is C18H18N2O3S2. The van der Waals surface area contributed by atoms with E-state index in [1.165, 1.54) is 11.8 Å². The Balaban J connectivity index is 1.33. The van der Waals surface area contributed by atoms with Crippen LogP contribution in [-0.4, -0.2) is 40.4 Å². The summed E-state index contributed by atoms with van der Waals surface area (Å²) in [6.07, 6.45) is 2.62. The Morgan fingerprint density at radius 3 is 3.04 bits per heavy atom. The molecule has 0 radical (unpaired) electrons. The number of carbonyl (C=O) groups excluding carboxylic acids is 1. The van der Waals surface area contributed by atoms with Crippen LogP contribution < -0.4 is 0 Å². The Hall–Kier alpha value is -1.86. The minimum atomic E-state index is 0.132. The first kappa shape index (κ1) is 16.6. The molecule has 4 rings (SSSR count). The molecule has 1 saturated heterocycles. The summed E-state index contributed by atoms with van der Waals surface area (Å²) in [5.41, 5.74) is 1.58. The third-order valence-electron chi connectivity index (χ3n) is 4.15. The fourth-order valence-electron chi connectivity index (χ4n) is 2.85. The van der Waals surface area contributed by atoms with Crippen molar-refractivity contribution in [2.75, 3.05) is 24.6 Å². The number of nitrogens with zero attached hydrogens (tertiary/aromatic N) is 2. The molecule has 1 aliphatic rings. The molecule has 130 valence electrons. The van der Waals surface area contributed by atoms with Crippen molar-refractivity contribution >= 4 is 40.5 Å². The molecule has 7 heteroatoms. The van der Waals surface area contributed by atoms with E-state index in [4.69, 9.17) is 8.83 Å². The maximum absolute atomic E-state index is 12.5. The van der Waals surface area contributed by atoms with Crippen LogP contribution in [-0.2, 0) is 4.79 Å². The van der Waals surface area contributed by atoms with Crippen LogP contribution in [0.1, 0.15) is 17.4 Å². The number of oxazole rings is 1. The van der Waals surface area contributed by atoms with E-state index >= 15 is 0 Å². The first-order valence-electron chi connectivity index (χ1n) is 8.21. The Kier molecular flexibility index (Phi) is 5.03. The lowest BCUT2D eigenvalue weighted by molar-refractivity contribution is -0.128. The average Bonchev–Trinajstić information content (AvgIpc) is 3.24. The lowest BCUT2D eigenvalue weighted by Gasteiger charge is -2.19. The molecule has 1 amide bonds. The van der Waals surface area contributed by atoms with Gasteiger partial charge in [0.15, 0.2) is 5.58 Å². The molecule has 3 aromatic rings. The summed E-state index contributed by atoms with van der Waals surface area (Å²) in [4.78, 5) is 18.9. The number of amides is 1. The number of hydrogen-bond acceptors (Lipinski definition) is 6. The molecule has 0 spiro atoms. The van der Waals surface area contributed by atoms with E-state index in [1.807, 2.05) is 53.1 Å². The van der Waals surface area contributed by atoms with Crippen molar-refractivity contribution in [3.63, 3.8) is 0 Å². The number of hydrogen-bond donors (Lipinski definition) is 0. The summed E-state index contributed by atoms with van der Waals surface area (Å²) in [5, 5.41) is 0.879. The lowest BCUT2D eigenvalue weighted by atomic mass is 10.2. The van der Waals surface area contributed by atoms with Gasteiger partial charge in [0.2, 0.25) is 5.91 Å². The number of carbonyl (C=O) groups is 1. The molecule has 0 aliphatic carbocycles. The van der Waals surface area contributed by atoms with Crippen molar-refractivity contribution in [3.8, 4) is 0 Å². The van der Waals surface area contributed by atoms with Crippen LogP contribution in [0.4, 0.5) is 0 Å². The van der Waals surface area contributed by atoms with Crippen molar-refractivity contribution in [2.24, 2.45) is 0 Å². The first-order valence-corrected chi connectivity index (χ1v) is 10.2. The average molecular weight is 374 g/mol. The summed E-state index contributed by atoms with van der Waals surface area (Å²) in [7, 11) is 0. The Labute approximate surface area is 154 Å². The zero-order valence-corrected chi connectivity index (χ0v) is 15.2. The molecule has 0 unspecified atom stereocenters. The molecular weight excluding hydrogens is 356 g/mol. The third-order valence-corrected chi connectivity index (χ3v) is 6.25. The Bertz CT molecular complexity index is 814. The normalized spacial score (nSPS) is 18.4. The molecule has 1 fully saturated rings. The monoisotopic (exact) mass is 374 g/mol. The maximum Gasteiger partial charge on any atom is 0.257 e. The molecule has 1 aliphatic heterocycles. The highest BCUT2D eigenvalue weighted by atomic mass is 32.2. The summed E-state index contributed by atoms with van der Waals surface area (Å²) >= 11 is 3.21. The van der Waals surface area contributed by atoms with Gasteiger partial charge in [0.1, 0.15) is 11.3 Å². The standard InChI is InChI=1S/C18H18N2O3S2/c21-17(12-25-18-19-13-4-1-2-5-14(13)23-18)20-8-7-16(24-11-9-20)15-6-3-10-22-15/h1-6,10,16H,7-9,11-12H2/t16-/m1/s1. The van der Waals surface area contributed by atoms with E-state index < -0.39 is 0 Å². The van der Waals surface area contributed by atoms with Crippen LogP contribution in [0.15, 0.2) is 56.7 Å². The third kappa shape index (κ3) is 3.88. The molecule has 5 nitrogen and oxygen atoms in total. The number of furan rings is 1. The second-order valence-electron chi connectivity index (χ2n) is 5.78. The van der Waals surface area contributed by atoms with E-state index in [0.29, 0.717) is 16.2 Å². The van der Waals surface area contributed by atoms with E-state index in [1.54, 1.807) is 6.26 Å². The Morgan fingerprint density at radius 1 is 1.28 bits per heavy atom. The summed E-state index contributed by atoms with van der Waals surface area (Å²) < 4.78 is 11.2. The van der Waals surface area contributed by atoms with Crippen LogP contribution >= 0.6 is 23.5 Å². The highest BCUT2D eigenvalue weighted by Gasteiger charge is 2.23. The second-order valence-corrected chi connectivity index (χ2v) is 8.02. The smallest absolute Gasteiger partial charge is 0.257 e. The number of fused-ring (bicyclic) bond motifs is 1. The van der Waals surface area contributed by atoms with Gasteiger partial charge in [-0.1, -0.05) is 23.9 Å². The molecule has 0 bridgehead atoms. The van der Waals surface area contributed by atoms with Gasteiger partial charge < -0.3 is 13.7 Å². The zero-order chi connectivity index (χ0) is 17.1. The fraction of sp³-hybridized carbons (Fsp3) is 0.333. The van der Waals surface area contributed by atoms with Crippen molar-refractivity contribution in [2.45, 2.75) is 16.9 Å². The van der Waals surface area contributed by atoms with Crippen LogP contribution in [0.5, 0.6) is 0 Å². The van der Waals surface area contributed by atoms with Gasteiger partial charge in [-0.25, -0.2) is 4.98 Å². The van der Waals surface area contributed by atoms with Gasteiger partial charge in [0, 0.05) is 18.8 Å². The van der Waals surface area contributed by atoms with Gasteiger partial charge in [0.05, 0.1) is 17.3 Å². The van der Waals surface area contributed by atoms with Crippen molar-refractivity contribution in [1.29, 1.82) is 0 Å². The van der Waals surface area contributed by atoms with E-state index in [0.717, 1.165) is 42.1 Å². The summed E-state index contributed by atoms with van der Waals surface area (Å²) in [5.74, 6) is 2.40. The number of rotatable bonds is 4. The lowest BCUT2D eigenvalue weighted by Crippen LogP contribution is -2.34. The number of aromatic nitrogens is 1. The van der Waals surface area contributed by atoms with Gasteiger partial charge in [-0.05, 0) is 30.7 Å². The van der Waals surface area contributed by atoms with Crippen LogP contribution in [0.2, 0.25) is 0 Å². The quantitative estimate of drug-likeness (QED) is 0.637. The predicted molar refractivity (Wildman–Crippen MR) is 99.8 cm³/mol. The molecule has 0 N–H and O–H groups in total. The van der Waals surface area contributed by atoms with Crippen molar-refractivity contribution in [3.05, 3.63) is 48.4 Å². The zero-order valence-electron chi connectivity index (χ0n) is 13.6. The molecule has 2 aromatic heterocycles. The van der Waals surface area contributed by atoms with Crippen LogP contribution in [0, 0.1) is 0 Å². The highest BCUT2D eigenvalue weighted by molar-refractivity contribution is 7.99. The van der Waals surface area contributed by atoms with E-state index in [2.05, 4.69) is 4.98 Å². The number of thioether (sulfide) groups is 2. The van der Waals surface area contributed by atoms with Gasteiger partial charge in [0.25, 0.3) is 5.22 Å². The minimum absolute atomic E-state index is 0.132. The van der Waals surface area contributed by atoms with E-state index in [9.17, 15) is 4.79 Å². The van der Waals surface area contributed by atoms with Crippen LogP contribution in [0.25, 0.3) is 11.1 Å². The molecule has 1 aromatic carbocycles. The minimum Gasteiger partial charge on any atom is -0.468 e. The fourth-order valence-corrected chi connectivity index (χ4v) is 4.77. The number of benzene rings is 1. The summed E-state index contributed by atoms with van der Waals surface area (Å²) in [6, 6.07) is 11.6. The molecule has 0 saturated carbocycles. The topological polar surface area (TPSA) is 59.5 Å². The van der Waals surface area contributed by atoms with Gasteiger partial charge >= 0.3 is 0 Å². The molecule has 25 heavy (non-hydrogen) atoms. The molecule has 3 heterocycles. The maximum atomic E-state index is 12.5. The van der Waals surface area contributed by atoms with Gasteiger partial charge in [-0.15, -0.1) is 11.8 Å². The van der Waals surface area contributed by atoms with Crippen LogP contribution in [0.3, 0.4) is 0 Å². The second kappa shape index (κ2) is 7.58. The molecule has 1 atom stereocenters. The first-order chi connectivity index (χ1) is 12.3. The largest absolute Gasteiger partial charge is 0.468 e. The van der Waals surface area contributed by atoms with Crippen molar-refractivity contribution in [1.82, 2.24) is 9.88 Å². The SMILES string of the molecule is O=C(CSc1nc2ccccc2o1)N1CCS[C@@H](c2ccco2)CC1. The van der Waals surface area contributed by atoms with E-state index in [-0.39, 0.29) is 5.91 Å². The van der Waals surface area contributed by atoms with Crippen molar-refractivity contribution < 1.29 is 13.6 Å². The highest BCUT2D eigenvalue weighted by Crippen LogP contribution is 2.34. The van der Waals surface area contributed by atoms with Gasteiger partial charge in [-0.2, -0.15) is 0 Å². The summed E-state index contributed by atoms with van der Waals surface area (Å²) in [6.45, 7) is 1.53. The predicted octanol–water partition coefficient (Wildman–Crippen LogP) is 4.22.